The molecule has 0 radical (unpaired) electrons. The van der Waals surface area contributed by atoms with Crippen LogP contribution in [-0.2, 0) is 9.59 Å². The molecule has 3 aliphatic rings. The number of nitrogens with zero attached hydrogens (tertiary/aromatic N) is 3. The van der Waals surface area contributed by atoms with Crippen molar-refractivity contribution in [2.75, 3.05) is 6.54 Å². The molecule has 2 fully saturated rings. The van der Waals surface area contributed by atoms with E-state index in [0.29, 0.717) is 17.7 Å². The standard InChI is InChI=1S/C21H17N3O5/c25-19-18-16-13(10-23(18)21(28)29)9-12(17(20(26)27)24(16)19)6-8-14-7-5-11-3-1-2-4-15(11)22-14/h1-8,13,16,18H,9-10H2,(H,26,27)(H,28,29)/b8-6+/t13-,16-,18+/m1/s1. The molecule has 0 saturated carbocycles. The van der Waals surface area contributed by atoms with Crippen LogP contribution < -0.4 is 0 Å². The molecule has 2 aromatic rings. The number of benzene rings is 1. The number of carboxylic acids is 1. The number of carboxylic acid groups (broad SMARTS) is 2. The molecule has 146 valence electrons. The number of carbonyl (C=O) groups excluding carboxylic acids is 1. The molecular formula is C21H17N3O5. The van der Waals surface area contributed by atoms with Crippen LogP contribution in [0.1, 0.15) is 12.1 Å². The Morgan fingerprint density at radius 1 is 1.10 bits per heavy atom. The van der Waals surface area contributed by atoms with Crippen molar-refractivity contribution in [3.8, 4) is 0 Å². The summed E-state index contributed by atoms with van der Waals surface area (Å²) in [7, 11) is 0. The lowest BCUT2D eigenvalue weighted by Gasteiger charge is -2.49. The van der Waals surface area contributed by atoms with E-state index < -0.39 is 24.0 Å². The van der Waals surface area contributed by atoms with E-state index in [1.807, 2.05) is 36.4 Å². The Morgan fingerprint density at radius 2 is 1.90 bits per heavy atom. The van der Waals surface area contributed by atoms with Gasteiger partial charge in [-0.15, -0.1) is 0 Å². The number of amides is 2. The largest absolute Gasteiger partial charge is 0.477 e. The first-order valence-electron chi connectivity index (χ1n) is 9.28. The second kappa shape index (κ2) is 6.16. The number of fused-ring (bicyclic) bond motifs is 1. The number of likely N-dealkylation sites (tertiary alicyclic amines) is 1. The predicted octanol–water partition coefficient (Wildman–Crippen LogP) is 2.18. The first kappa shape index (κ1) is 17.4. The van der Waals surface area contributed by atoms with Gasteiger partial charge in [0, 0.05) is 17.8 Å². The van der Waals surface area contributed by atoms with Crippen molar-refractivity contribution >= 4 is 34.9 Å². The van der Waals surface area contributed by atoms with Gasteiger partial charge >= 0.3 is 12.1 Å². The third kappa shape index (κ3) is 2.52. The van der Waals surface area contributed by atoms with Gasteiger partial charge < -0.3 is 10.2 Å². The van der Waals surface area contributed by atoms with Gasteiger partial charge in [0.2, 0.25) is 0 Å². The summed E-state index contributed by atoms with van der Waals surface area (Å²) in [6, 6.07) is 10.3. The Balaban J connectivity index is 1.50. The minimum absolute atomic E-state index is 0.0585. The highest BCUT2D eigenvalue weighted by Gasteiger charge is 2.64. The second-order valence-electron chi connectivity index (χ2n) is 7.48. The topological polar surface area (TPSA) is 111 Å². The Morgan fingerprint density at radius 3 is 2.66 bits per heavy atom. The molecule has 29 heavy (non-hydrogen) atoms. The number of aliphatic carboxylic acids is 1. The first-order chi connectivity index (χ1) is 14.0. The van der Waals surface area contributed by atoms with Crippen LogP contribution in [0.3, 0.4) is 0 Å². The van der Waals surface area contributed by atoms with E-state index in [-0.39, 0.29) is 24.2 Å². The number of hydrogen-bond acceptors (Lipinski definition) is 4. The summed E-state index contributed by atoms with van der Waals surface area (Å²) in [6.45, 7) is 0.228. The van der Waals surface area contributed by atoms with Gasteiger partial charge in [0.15, 0.2) is 0 Å². The van der Waals surface area contributed by atoms with Crippen LogP contribution in [0.15, 0.2) is 53.7 Å². The fraction of sp³-hybridized carbons (Fsp3) is 0.238. The van der Waals surface area contributed by atoms with Crippen LogP contribution >= 0.6 is 0 Å². The molecule has 2 saturated heterocycles. The van der Waals surface area contributed by atoms with E-state index in [0.717, 1.165) is 15.8 Å². The Bertz CT molecular complexity index is 1140. The lowest BCUT2D eigenvalue weighted by Crippen LogP contribution is -2.69. The molecule has 1 aromatic carbocycles. The number of allylic oxidation sites excluding steroid dienone is 2. The average Bonchev–Trinajstić information content (AvgIpc) is 3.08. The summed E-state index contributed by atoms with van der Waals surface area (Å²) >= 11 is 0. The first-order valence-corrected chi connectivity index (χ1v) is 9.28. The van der Waals surface area contributed by atoms with Crippen molar-refractivity contribution in [3.05, 3.63) is 59.4 Å². The Hall–Kier alpha value is -3.68. The maximum atomic E-state index is 12.5. The lowest BCUT2D eigenvalue weighted by molar-refractivity contribution is -0.156. The molecular weight excluding hydrogens is 374 g/mol. The van der Waals surface area contributed by atoms with Crippen LogP contribution in [-0.4, -0.2) is 61.6 Å². The summed E-state index contributed by atoms with van der Waals surface area (Å²) < 4.78 is 0. The number of rotatable bonds is 3. The molecule has 8 nitrogen and oxygen atoms in total. The van der Waals surface area contributed by atoms with Crippen molar-refractivity contribution in [3.63, 3.8) is 0 Å². The maximum Gasteiger partial charge on any atom is 0.408 e. The molecule has 1 aromatic heterocycles. The average molecular weight is 391 g/mol. The molecule has 5 rings (SSSR count). The van der Waals surface area contributed by atoms with E-state index in [1.54, 1.807) is 12.2 Å². The van der Waals surface area contributed by atoms with Gasteiger partial charge in [0.1, 0.15) is 11.7 Å². The van der Waals surface area contributed by atoms with Gasteiger partial charge in [-0.25, -0.2) is 14.6 Å². The summed E-state index contributed by atoms with van der Waals surface area (Å²) in [5.41, 5.74) is 1.96. The van der Waals surface area contributed by atoms with E-state index in [4.69, 9.17) is 0 Å². The van der Waals surface area contributed by atoms with Gasteiger partial charge in [-0.2, -0.15) is 0 Å². The Labute approximate surface area is 165 Å². The number of carbonyl (C=O) groups is 3. The quantitative estimate of drug-likeness (QED) is 0.776. The van der Waals surface area contributed by atoms with Crippen molar-refractivity contribution in [1.82, 2.24) is 14.8 Å². The van der Waals surface area contributed by atoms with Gasteiger partial charge in [-0.3, -0.25) is 14.6 Å². The lowest BCUT2D eigenvalue weighted by atomic mass is 9.79. The minimum Gasteiger partial charge on any atom is -0.477 e. The van der Waals surface area contributed by atoms with E-state index >= 15 is 0 Å². The molecule has 3 atom stereocenters. The van der Waals surface area contributed by atoms with Crippen molar-refractivity contribution in [2.45, 2.75) is 18.5 Å². The third-order valence-electron chi connectivity index (χ3n) is 5.91. The molecule has 3 aliphatic heterocycles. The van der Waals surface area contributed by atoms with Crippen molar-refractivity contribution < 1.29 is 24.6 Å². The second-order valence-corrected chi connectivity index (χ2v) is 7.48. The molecule has 0 aliphatic carbocycles. The summed E-state index contributed by atoms with van der Waals surface area (Å²) in [5, 5.41) is 20.1. The number of pyridine rings is 1. The summed E-state index contributed by atoms with van der Waals surface area (Å²) in [5.74, 6) is -1.76. The normalized spacial score (nSPS) is 25.5. The van der Waals surface area contributed by atoms with Crippen molar-refractivity contribution in [2.24, 2.45) is 5.92 Å². The zero-order valence-corrected chi connectivity index (χ0v) is 15.2. The van der Waals surface area contributed by atoms with Crippen molar-refractivity contribution in [1.29, 1.82) is 0 Å². The van der Waals surface area contributed by atoms with Gasteiger partial charge in [-0.05, 0) is 30.2 Å². The van der Waals surface area contributed by atoms with Crippen LogP contribution in [0.5, 0.6) is 0 Å². The molecule has 0 unspecified atom stereocenters. The molecule has 0 spiro atoms. The maximum absolute atomic E-state index is 12.5. The number of β-lactam (4-membered cyclic amide) rings is 1. The van der Waals surface area contributed by atoms with Gasteiger partial charge in [0.05, 0.1) is 17.3 Å². The van der Waals surface area contributed by atoms with E-state index in [9.17, 15) is 24.6 Å². The monoisotopic (exact) mass is 391 g/mol. The number of hydrogen-bond donors (Lipinski definition) is 2. The smallest absolute Gasteiger partial charge is 0.408 e. The highest BCUT2D eigenvalue weighted by atomic mass is 16.4. The number of aromatic nitrogens is 1. The van der Waals surface area contributed by atoms with Gasteiger partial charge in [-0.1, -0.05) is 30.3 Å². The fourth-order valence-corrected chi connectivity index (χ4v) is 4.68. The molecule has 2 amide bonds. The minimum atomic E-state index is -1.19. The van der Waals surface area contributed by atoms with Gasteiger partial charge in [0.25, 0.3) is 5.91 Å². The molecule has 2 N–H and O–H groups in total. The highest BCUT2D eigenvalue weighted by molar-refractivity contribution is 6.02. The molecule has 8 heteroatoms. The zero-order chi connectivity index (χ0) is 20.3. The third-order valence-corrected chi connectivity index (χ3v) is 5.91. The predicted molar refractivity (Wildman–Crippen MR) is 103 cm³/mol. The van der Waals surface area contributed by atoms with Crippen LogP contribution in [0, 0.1) is 5.92 Å². The molecule has 0 bridgehead atoms. The Kier molecular flexibility index (Phi) is 3.70. The van der Waals surface area contributed by atoms with Crippen LogP contribution in [0.4, 0.5) is 4.79 Å². The van der Waals surface area contributed by atoms with Crippen LogP contribution in [0.25, 0.3) is 17.0 Å². The van der Waals surface area contributed by atoms with Crippen LogP contribution in [0.2, 0.25) is 0 Å². The fourth-order valence-electron chi connectivity index (χ4n) is 4.68. The number of para-hydroxylation sites is 1. The van der Waals surface area contributed by atoms with E-state index in [1.165, 1.54) is 4.90 Å². The molecule has 4 heterocycles. The summed E-state index contributed by atoms with van der Waals surface area (Å²) in [4.78, 5) is 42.8. The van der Waals surface area contributed by atoms with E-state index in [2.05, 4.69) is 4.98 Å². The SMILES string of the molecule is O=C(O)C1=C(/C=C/c2ccc3ccccc3n2)C[C@@H]2CN(C(=O)O)[C@@H]3C(=O)N1[C@H]23. The zero-order valence-electron chi connectivity index (χ0n) is 15.2. The highest BCUT2D eigenvalue weighted by Crippen LogP contribution is 2.47. The summed E-state index contributed by atoms with van der Waals surface area (Å²) in [6.07, 6.45) is 2.67.